The quantitative estimate of drug-likeness (QED) is 0.885. The standard InChI is InChI=1S/C15H26N2O/c1-10-8-15(4,5)7-6-13(10)17-12(3)14-16-9-11(2)18-14/h9-10,12-13,17H,6-8H2,1-5H3. The van der Waals surface area contributed by atoms with Crippen LogP contribution in [0.3, 0.4) is 0 Å². The van der Waals surface area contributed by atoms with Gasteiger partial charge >= 0.3 is 0 Å². The molecule has 3 unspecified atom stereocenters. The Bertz CT molecular complexity index is 397. The Kier molecular flexibility index (Phi) is 3.81. The van der Waals surface area contributed by atoms with Crippen LogP contribution in [0.1, 0.15) is 64.7 Å². The smallest absolute Gasteiger partial charge is 0.211 e. The second-order valence-corrected chi connectivity index (χ2v) is 6.69. The zero-order valence-corrected chi connectivity index (χ0v) is 12.3. The van der Waals surface area contributed by atoms with Gasteiger partial charge in [-0.05, 0) is 44.4 Å². The molecule has 0 radical (unpaired) electrons. The van der Waals surface area contributed by atoms with E-state index in [1.54, 1.807) is 6.20 Å². The van der Waals surface area contributed by atoms with Crippen molar-refractivity contribution in [3.05, 3.63) is 17.8 Å². The number of nitrogens with one attached hydrogen (secondary N) is 1. The lowest BCUT2D eigenvalue weighted by Gasteiger charge is -2.40. The van der Waals surface area contributed by atoms with Crippen LogP contribution in [-0.4, -0.2) is 11.0 Å². The first-order valence-corrected chi connectivity index (χ1v) is 7.06. The van der Waals surface area contributed by atoms with Gasteiger partial charge in [-0.3, -0.25) is 0 Å². The number of aryl methyl sites for hydroxylation is 1. The monoisotopic (exact) mass is 250 g/mol. The van der Waals surface area contributed by atoms with E-state index in [9.17, 15) is 0 Å². The van der Waals surface area contributed by atoms with E-state index in [1.165, 1.54) is 19.3 Å². The van der Waals surface area contributed by atoms with E-state index in [4.69, 9.17) is 4.42 Å². The molecule has 1 aliphatic rings. The van der Waals surface area contributed by atoms with Gasteiger partial charge in [-0.1, -0.05) is 20.8 Å². The summed E-state index contributed by atoms with van der Waals surface area (Å²) >= 11 is 0. The summed E-state index contributed by atoms with van der Waals surface area (Å²) < 4.78 is 5.59. The van der Waals surface area contributed by atoms with Gasteiger partial charge in [0.05, 0.1) is 12.2 Å². The van der Waals surface area contributed by atoms with Gasteiger partial charge in [-0.25, -0.2) is 4.98 Å². The maximum Gasteiger partial charge on any atom is 0.211 e. The number of hydrogen-bond donors (Lipinski definition) is 1. The van der Waals surface area contributed by atoms with Crippen molar-refractivity contribution in [3.8, 4) is 0 Å². The fourth-order valence-corrected chi connectivity index (χ4v) is 3.16. The lowest BCUT2D eigenvalue weighted by molar-refractivity contribution is 0.139. The minimum atomic E-state index is 0.201. The predicted octanol–water partition coefficient (Wildman–Crippen LogP) is 3.85. The van der Waals surface area contributed by atoms with Crippen molar-refractivity contribution < 1.29 is 4.42 Å². The lowest BCUT2D eigenvalue weighted by atomic mass is 9.70. The molecule has 1 aromatic heterocycles. The summed E-state index contributed by atoms with van der Waals surface area (Å²) in [5, 5.41) is 3.68. The molecule has 1 N–H and O–H groups in total. The predicted molar refractivity (Wildman–Crippen MR) is 73.4 cm³/mol. The summed E-state index contributed by atoms with van der Waals surface area (Å²) in [5.41, 5.74) is 0.500. The summed E-state index contributed by atoms with van der Waals surface area (Å²) in [6.07, 6.45) is 5.63. The Balaban J connectivity index is 1.94. The fourth-order valence-electron chi connectivity index (χ4n) is 3.16. The molecule has 3 atom stereocenters. The zero-order chi connectivity index (χ0) is 13.3. The molecule has 0 saturated heterocycles. The number of oxazole rings is 1. The first-order chi connectivity index (χ1) is 8.37. The molecule has 0 spiro atoms. The minimum Gasteiger partial charge on any atom is -0.444 e. The highest BCUT2D eigenvalue weighted by atomic mass is 16.4. The van der Waals surface area contributed by atoms with Crippen LogP contribution >= 0.6 is 0 Å². The first kappa shape index (κ1) is 13.6. The van der Waals surface area contributed by atoms with E-state index < -0.39 is 0 Å². The second-order valence-electron chi connectivity index (χ2n) is 6.69. The van der Waals surface area contributed by atoms with Gasteiger partial charge in [0.15, 0.2) is 0 Å². The van der Waals surface area contributed by atoms with Crippen molar-refractivity contribution in [2.45, 2.75) is 66.0 Å². The van der Waals surface area contributed by atoms with E-state index in [0.29, 0.717) is 17.4 Å². The lowest BCUT2D eigenvalue weighted by Crippen LogP contribution is -2.42. The van der Waals surface area contributed by atoms with Crippen LogP contribution in [0.15, 0.2) is 10.6 Å². The molecule has 102 valence electrons. The number of hydrogen-bond acceptors (Lipinski definition) is 3. The van der Waals surface area contributed by atoms with Crippen LogP contribution in [0.2, 0.25) is 0 Å². The van der Waals surface area contributed by atoms with Crippen LogP contribution in [0, 0.1) is 18.3 Å². The van der Waals surface area contributed by atoms with Crippen molar-refractivity contribution in [2.75, 3.05) is 0 Å². The SMILES string of the molecule is Cc1cnc(C(C)NC2CCC(C)(C)CC2C)o1. The van der Waals surface area contributed by atoms with E-state index in [-0.39, 0.29) is 6.04 Å². The third-order valence-corrected chi connectivity index (χ3v) is 4.17. The highest BCUT2D eigenvalue weighted by molar-refractivity contribution is 4.97. The molecule has 0 aromatic carbocycles. The molecule has 0 aliphatic heterocycles. The van der Waals surface area contributed by atoms with Gasteiger partial charge in [0.25, 0.3) is 0 Å². The number of rotatable bonds is 3. The number of nitrogens with zero attached hydrogens (tertiary/aromatic N) is 1. The van der Waals surface area contributed by atoms with Crippen LogP contribution in [-0.2, 0) is 0 Å². The van der Waals surface area contributed by atoms with Gasteiger partial charge in [0.2, 0.25) is 5.89 Å². The van der Waals surface area contributed by atoms with Crippen molar-refractivity contribution >= 4 is 0 Å². The van der Waals surface area contributed by atoms with Gasteiger partial charge in [0, 0.05) is 6.04 Å². The van der Waals surface area contributed by atoms with Crippen molar-refractivity contribution in [1.82, 2.24) is 10.3 Å². The van der Waals surface area contributed by atoms with Gasteiger partial charge in [-0.15, -0.1) is 0 Å². The third kappa shape index (κ3) is 3.14. The van der Waals surface area contributed by atoms with E-state index in [2.05, 4.69) is 38.0 Å². The Morgan fingerprint density at radius 2 is 2.22 bits per heavy atom. The summed E-state index contributed by atoms with van der Waals surface area (Å²) in [6, 6.07) is 0.785. The van der Waals surface area contributed by atoms with Crippen molar-refractivity contribution in [2.24, 2.45) is 11.3 Å². The summed E-state index contributed by atoms with van der Waals surface area (Å²) in [7, 11) is 0. The summed E-state index contributed by atoms with van der Waals surface area (Å²) in [6.45, 7) is 11.2. The molecule has 0 bridgehead atoms. The number of aromatic nitrogens is 1. The molecule has 1 aliphatic carbocycles. The maximum absolute atomic E-state index is 5.59. The molecule has 0 amide bonds. The Labute approximate surface area is 110 Å². The molecular formula is C15H26N2O. The van der Waals surface area contributed by atoms with Crippen molar-refractivity contribution in [1.29, 1.82) is 0 Å². The fraction of sp³-hybridized carbons (Fsp3) is 0.800. The second kappa shape index (κ2) is 5.04. The van der Waals surface area contributed by atoms with Crippen LogP contribution in [0.25, 0.3) is 0 Å². The van der Waals surface area contributed by atoms with Crippen LogP contribution in [0.5, 0.6) is 0 Å². The molecule has 18 heavy (non-hydrogen) atoms. The molecule has 1 fully saturated rings. The Morgan fingerprint density at radius 3 is 2.78 bits per heavy atom. The summed E-state index contributed by atoms with van der Waals surface area (Å²) in [4.78, 5) is 4.31. The Hall–Kier alpha value is -0.830. The molecule has 1 aromatic rings. The highest BCUT2D eigenvalue weighted by Crippen LogP contribution is 2.39. The molecule has 1 saturated carbocycles. The molecule has 3 nitrogen and oxygen atoms in total. The normalized spacial score (nSPS) is 29.2. The van der Waals surface area contributed by atoms with Crippen molar-refractivity contribution in [3.63, 3.8) is 0 Å². The van der Waals surface area contributed by atoms with E-state index >= 15 is 0 Å². The summed E-state index contributed by atoms with van der Waals surface area (Å²) in [5.74, 6) is 2.41. The van der Waals surface area contributed by atoms with Gasteiger partial charge < -0.3 is 9.73 Å². The molecule has 1 heterocycles. The Morgan fingerprint density at radius 1 is 1.50 bits per heavy atom. The van der Waals surface area contributed by atoms with E-state index in [1.807, 2.05) is 6.92 Å². The minimum absolute atomic E-state index is 0.201. The third-order valence-electron chi connectivity index (χ3n) is 4.17. The van der Waals surface area contributed by atoms with Gasteiger partial charge in [-0.2, -0.15) is 0 Å². The van der Waals surface area contributed by atoms with Crippen LogP contribution in [0.4, 0.5) is 0 Å². The van der Waals surface area contributed by atoms with Gasteiger partial charge in [0.1, 0.15) is 5.76 Å². The topological polar surface area (TPSA) is 38.1 Å². The average molecular weight is 250 g/mol. The largest absolute Gasteiger partial charge is 0.444 e. The molecule has 3 heteroatoms. The van der Waals surface area contributed by atoms with E-state index in [0.717, 1.165) is 11.7 Å². The van der Waals surface area contributed by atoms with Crippen LogP contribution < -0.4 is 5.32 Å². The zero-order valence-electron chi connectivity index (χ0n) is 12.3. The first-order valence-electron chi connectivity index (χ1n) is 7.06. The highest BCUT2D eigenvalue weighted by Gasteiger charge is 2.33. The average Bonchev–Trinajstić information content (AvgIpc) is 2.68. The molecular weight excluding hydrogens is 224 g/mol. The molecule has 2 rings (SSSR count). The maximum atomic E-state index is 5.59.